The number of nitrogens with two attached hydrogens (primary N) is 1. The normalized spacial score (nSPS) is 11.5. The topological polar surface area (TPSA) is 111 Å². The lowest BCUT2D eigenvalue weighted by Gasteiger charge is -2.14. The molecular formula is C27H21F4N7O. The molecule has 1 amide bonds. The summed E-state index contributed by atoms with van der Waals surface area (Å²) in [7, 11) is 1.86. The number of alkyl halides is 3. The summed E-state index contributed by atoms with van der Waals surface area (Å²) in [6, 6.07) is 13.0. The van der Waals surface area contributed by atoms with Crippen LogP contribution in [0.4, 0.5) is 34.9 Å². The van der Waals surface area contributed by atoms with E-state index in [1.54, 1.807) is 0 Å². The molecule has 198 valence electrons. The lowest BCUT2D eigenvalue weighted by molar-refractivity contribution is -0.137. The third-order valence-corrected chi connectivity index (χ3v) is 6.07. The second-order valence-corrected chi connectivity index (χ2v) is 8.74. The third-order valence-electron chi connectivity index (χ3n) is 6.07. The zero-order valence-corrected chi connectivity index (χ0v) is 20.4. The molecule has 2 aromatic carbocycles. The molecule has 0 saturated heterocycles. The second kappa shape index (κ2) is 10.0. The van der Waals surface area contributed by atoms with Gasteiger partial charge in [0.25, 0.3) is 5.91 Å². The van der Waals surface area contributed by atoms with Crippen molar-refractivity contribution in [3.63, 3.8) is 0 Å². The van der Waals surface area contributed by atoms with Crippen LogP contribution in [0, 0.1) is 5.82 Å². The van der Waals surface area contributed by atoms with Crippen LogP contribution in [0.3, 0.4) is 0 Å². The molecule has 0 aliphatic carbocycles. The van der Waals surface area contributed by atoms with E-state index in [9.17, 15) is 22.4 Å². The molecule has 0 fully saturated rings. The van der Waals surface area contributed by atoms with Crippen LogP contribution in [0.1, 0.15) is 21.5 Å². The summed E-state index contributed by atoms with van der Waals surface area (Å²) in [4.78, 5) is 25.1. The number of fused-ring (bicyclic) bond motifs is 1. The number of nitrogens with one attached hydrogen (secondary N) is 2. The number of pyridine rings is 1. The zero-order valence-electron chi connectivity index (χ0n) is 20.4. The third kappa shape index (κ3) is 5.35. The van der Waals surface area contributed by atoms with Crippen LogP contribution in [0.25, 0.3) is 22.2 Å². The average Bonchev–Trinajstić information content (AvgIpc) is 3.26. The van der Waals surface area contributed by atoms with Crippen LogP contribution in [0.5, 0.6) is 0 Å². The Morgan fingerprint density at radius 1 is 1.03 bits per heavy atom. The van der Waals surface area contributed by atoms with Crippen molar-refractivity contribution in [2.75, 3.05) is 16.4 Å². The van der Waals surface area contributed by atoms with Gasteiger partial charge < -0.3 is 20.9 Å². The van der Waals surface area contributed by atoms with E-state index in [0.29, 0.717) is 17.7 Å². The standard InChI is InChI=1S/C27H21F4N7O/c1-38-13-21(22-23(32)35-14-36-25(22)38)16-4-2-15(3-5-16)11-33-24-20(10-17(12-34-24)27(29,30)31)26(39)37-19-8-6-18(28)7-9-19/h2-10,12-14H,11H2,1H3,(H,33,34)(H,37,39)(H2,32,35,36). The average molecular weight is 536 g/mol. The monoisotopic (exact) mass is 535 g/mol. The smallest absolute Gasteiger partial charge is 0.383 e. The highest BCUT2D eigenvalue weighted by molar-refractivity contribution is 6.07. The second-order valence-electron chi connectivity index (χ2n) is 8.74. The number of nitrogen functional groups attached to an aromatic ring is 1. The number of carbonyl (C=O) groups is 1. The van der Waals surface area contributed by atoms with E-state index in [-0.39, 0.29) is 23.6 Å². The summed E-state index contributed by atoms with van der Waals surface area (Å²) in [6.45, 7) is 0.177. The van der Waals surface area contributed by atoms with Crippen molar-refractivity contribution in [1.29, 1.82) is 0 Å². The highest BCUT2D eigenvalue weighted by atomic mass is 19.4. The van der Waals surface area contributed by atoms with E-state index in [1.165, 1.54) is 18.5 Å². The van der Waals surface area contributed by atoms with Gasteiger partial charge >= 0.3 is 6.18 Å². The predicted molar refractivity (Wildman–Crippen MR) is 139 cm³/mol. The molecule has 5 rings (SSSR count). The number of amides is 1. The van der Waals surface area contributed by atoms with Crippen LogP contribution < -0.4 is 16.4 Å². The minimum Gasteiger partial charge on any atom is -0.383 e. The van der Waals surface area contributed by atoms with Crippen molar-refractivity contribution < 1.29 is 22.4 Å². The van der Waals surface area contributed by atoms with Crippen molar-refractivity contribution in [3.05, 3.63) is 95.8 Å². The van der Waals surface area contributed by atoms with Crippen LogP contribution in [-0.2, 0) is 19.8 Å². The Kier molecular flexibility index (Phi) is 6.60. The van der Waals surface area contributed by atoms with Gasteiger partial charge in [-0.2, -0.15) is 13.2 Å². The quantitative estimate of drug-likeness (QED) is 0.243. The fourth-order valence-electron chi connectivity index (χ4n) is 4.11. The Labute approximate surface area is 219 Å². The Hall–Kier alpha value is -5.00. The summed E-state index contributed by atoms with van der Waals surface area (Å²) in [5, 5.41) is 6.15. The van der Waals surface area contributed by atoms with Gasteiger partial charge in [0.15, 0.2) is 0 Å². The van der Waals surface area contributed by atoms with E-state index >= 15 is 0 Å². The molecule has 4 N–H and O–H groups in total. The lowest BCUT2D eigenvalue weighted by Crippen LogP contribution is -2.18. The minimum atomic E-state index is -4.69. The van der Waals surface area contributed by atoms with Gasteiger partial charge in [0.1, 0.15) is 29.4 Å². The first-order valence-electron chi connectivity index (χ1n) is 11.6. The maximum Gasteiger partial charge on any atom is 0.417 e. The van der Waals surface area contributed by atoms with Gasteiger partial charge in [0.05, 0.1) is 16.5 Å². The SMILES string of the molecule is Cn1cc(-c2ccc(CNc3ncc(C(F)(F)F)cc3C(=O)Nc3ccc(F)cc3)cc2)c2c(N)ncnc21. The number of hydrogen-bond acceptors (Lipinski definition) is 6. The lowest BCUT2D eigenvalue weighted by atomic mass is 10.0. The zero-order chi connectivity index (χ0) is 27.7. The fourth-order valence-corrected chi connectivity index (χ4v) is 4.11. The summed E-state index contributed by atoms with van der Waals surface area (Å²) in [6.07, 6.45) is -0.726. The first kappa shape index (κ1) is 25.6. The number of hydrogen-bond donors (Lipinski definition) is 3. The molecule has 3 aromatic heterocycles. The van der Waals surface area contributed by atoms with Crippen molar-refractivity contribution in [1.82, 2.24) is 19.5 Å². The van der Waals surface area contributed by atoms with Crippen molar-refractivity contribution >= 4 is 34.3 Å². The van der Waals surface area contributed by atoms with E-state index in [0.717, 1.165) is 40.3 Å². The molecule has 0 atom stereocenters. The Morgan fingerprint density at radius 2 is 1.74 bits per heavy atom. The molecule has 0 bridgehead atoms. The molecule has 0 saturated carbocycles. The van der Waals surface area contributed by atoms with Crippen molar-refractivity contribution in [2.24, 2.45) is 7.05 Å². The van der Waals surface area contributed by atoms with E-state index in [2.05, 4.69) is 25.6 Å². The predicted octanol–water partition coefficient (Wildman–Crippen LogP) is 5.63. The van der Waals surface area contributed by atoms with E-state index in [4.69, 9.17) is 5.73 Å². The number of rotatable bonds is 6. The molecule has 5 aromatic rings. The first-order chi connectivity index (χ1) is 18.6. The fraction of sp³-hybridized carbons (Fsp3) is 0.111. The van der Waals surface area contributed by atoms with Gasteiger partial charge in [-0.3, -0.25) is 4.79 Å². The Morgan fingerprint density at radius 3 is 2.44 bits per heavy atom. The number of aryl methyl sites for hydroxylation is 1. The van der Waals surface area contributed by atoms with Crippen LogP contribution >= 0.6 is 0 Å². The molecule has 0 spiro atoms. The highest BCUT2D eigenvalue weighted by Gasteiger charge is 2.32. The maximum atomic E-state index is 13.3. The van der Waals surface area contributed by atoms with E-state index < -0.39 is 23.5 Å². The number of benzene rings is 2. The molecule has 0 aliphatic heterocycles. The molecule has 0 unspecified atom stereocenters. The van der Waals surface area contributed by atoms with Gasteiger partial charge in [-0.25, -0.2) is 19.3 Å². The van der Waals surface area contributed by atoms with Gasteiger partial charge in [-0.1, -0.05) is 24.3 Å². The van der Waals surface area contributed by atoms with Gasteiger partial charge in [0, 0.05) is 37.2 Å². The number of nitrogens with zero attached hydrogens (tertiary/aromatic N) is 4. The van der Waals surface area contributed by atoms with Crippen molar-refractivity contribution in [2.45, 2.75) is 12.7 Å². The molecule has 12 heteroatoms. The summed E-state index contributed by atoms with van der Waals surface area (Å²) in [5.74, 6) is -1.01. The van der Waals surface area contributed by atoms with Gasteiger partial charge in [-0.05, 0) is 41.5 Å². The molecular weight excluding hydrogens is 514 g/mol. The molecule has 8 nitrogen and oxygen atoms in total. The summed E-state index contributed by atoms with van der Waals surface area (Å²) in [5.41, 5.74) is 8.14. The number of carbonyl (C=O) groups excluding carboxylic acids is 1. The Bertz CT molecular complexity index is 1660. The number of halogens is 4. The number of anilines is 3. The van der Waals surface area contributed by atoms with Crippen molar-refractivity contribution in [3.8, 4) is 11.1 Å². The molecule has 0 radical (unpaired) electrons. The molecule has 0 aliphatic rings. The van der Waals surface area contributed by atoms with Gasteiger partial charge in [0.2, 0.25) is 0 Å². The Balaban J connectivity index is 1.38. The first-order valence-corrected chi connectivity index (χ1v) is 11.6. The van der Waals surface area contributed by atoms with Crippen LogP contribution in [0.15, 0.2) is 73.3 Å². The minimum absolute atomic E-state index is 0.0364. The molecule has 39 heavy (non-hydrogen) atoms. The highest BCUT2D eigenvalue weighted by Crippen LogP contribution is 2.33. The maximum absolute atomic E-state index is 13.3. The van der Waals surface area contributed by atoms with Crippen LogP contribution in [0.2, 0.25) is 0 Å². The van der Waals surface area contributed by atoms with E-state index in [1.807, 2.05) is 42.1 Å². The number of aromatic nitrogens is 4. The van der Waals surface area contributed by atoms with Crippen LogP contribution in [-0.4, -0.2) is 25.4 Å². The van der Waals surface area contributed by atoms with Gasteiger partial charge in [-0.15, -0.1) is 0 Å². The summed E-state index contributed by atoms with van der Waals surface area (Å²) < 4.78 is 55.1. The summed E-state index contributed by atoms with van der Waals surface area (Å²) >= 11 is 0. The molecule has 3 heterocycles. The largest absolute Gasteiger partial charge is 0.417 e.